The van der Waals surface area contributed by atoms with Gasteiger partial charge in [-0.1, -0.05) is 36.0 Å². The predicted octanol–water partition coefficient (Wildman–Crippen LogP) is 2.95. The summed E-state index contributed by atoms with van der Waals surface area (Å²) in [6.07, 6.45) is 4.42. The number of aliphatic hydroxyl groups is 1. The summed E-state index contributed by atoms with van der Waals surface area (Å²) in [5, 5.41) is 9.45. The Hall–Kier alpha value is -0.330. The number of sulfonamides is 1. The molecule has 0 saturated heterocycles. The van der Waals surface area contributed by atoms with Crippen LogP contribution in [0.3, 0.4) is 0 Å². The Morgan fingerprint density at radius 1 is 1.25 bits per heavy atom. The molecule has 7 heteroatoms. The minimum absolute atomic E-state index is 0.0149. The third-order valence-corrected chi connectivity index (χ3v) is 6.00. The van der Waals surface area contributed by atoms with E-state index in [1.807, 2.05) is 0 Å². The van der Waals surface area contributed by atoms with Crippen LogP contribution in [0.4, 0.5) is 0 Å². The normalized spacial score (nSPS) is 16.8. The van der Waals surface area contributed by atoms with E-state index < -0.39 is 16.6 Å². The summed E-state index contributed by atoms with van der Waals surface area (Å²) < 4.78 is 27.1. The van der Waals surface area contributed by atoms with Gasteiger partial charge in [0.2, 0.25) is 10.0 Å². The summed E-state index contributed by atoms with van der Waals surface area (Å²) in [5.74, 6) is 0.396. The molecule has 4 nitrogen and oxygen atoms in total. The van der Waals surface area contributed by atoms with Gasteiger partial charge in [0.05, 0.1) is 11.6 Å². The largest absolute Gasteiger partial charge is 0.392 e. The van der Waals surface area contributed by atoms with Crippen LogP contribution in [0.15, 0.2) is 17.0 Å². The van der Waals surface area contributed by atoms with E-state index in [2.05, 4.69) is 4.72 Å². The van der Waals surface area contributed by atoms with Gasteiger partial charge in [-0.2, -0.15) is 0 Å². The van der Waals surface area contributed by atoms with Crippen LogP contribution >= 0.6 is 23.2 Å². The van der Waals surface area contributed by atoms with E-state index in [1.54, 1.807) is 0 Å². The molecular weight excluding hydrogens is 321 g/mol. The standard InChI is InChI=1S/C13H17Cl2NO3S/c14-11-5-6-12(13(15)10(11)8-17)20(18,19)16-7-9-3-1-2-4-9/h5-6,9,16-17H,1-4,7-8H2. The monoisotopic (exact) mass is 337 g/mol. The molecule has 0 atom stereocenters. The van der Waals surface area contributed by atoms with Gasteiger partial charge in [-0.25, -0.2) is 13.1 Å². The minimum Gasteiger partial charge on any atom is -0.392 e. The second-order valence-electron chi connectivity index (χ2n) is 5.00. The lowest BCUT2D eigenvalue weighted by molar-refractivity contribution is 0.281. The van der Waals surface area contributed by atoms with Crippen LogP contribution in [0.2, 0.25) is 10.0 Å². The van der Waals surface area contributed by atoms with E-state index >= 15 is 0 Å². The van der Waals surface area contributed by atoms with Crippen molar-refractivity contribution < 1.29 is 13.5 Å². The summed E-state index contributed by atoms with van der Waals surface area (Å²) in [4.78, 5) is -0.0365. The molecule has 0 radical (unpaired) electrons. The van der Waals surface area contributed by atoms with E-state index in [9.17, 15) is 13.5 Å². The van der Waals surface area contributed by atoms with Gasteiger partial charge >= 0.3 is 0 Å². The number of rotatable bonds is 5. The van der Waals surface area contributed by atoms with Crippen LogP contribution < -0.4 is 4.72 Å². The van der Waals surface area contributed by atoms with Crippen molar-refractivity contribution in [1.29, 1.82) is 0 Å². The maximum Gasteiger partial charge on any atom is 0.242 e. The van der Waals surface area contributed by atoms with Crippen molar-refractivity contribution in [3.05, 3.63) is 27.7 Å². The molecule has 1 fully saturated rings. The van der Waals surface area contributed by atoms with E-state index in [4.69, 9.17) is 23.2 Å². The molecular formula is C13H17Cl2NO3S. The van der Waals surface area contributed by atoms with Crippen LogP contribution in [0.1, 0.15) is 31.2 Å². The molecule has 0 bridgehead atoms. The highest BCUT2D eigenvalue weighted by Crippen LogP contribution is 2.31. The average Bonchev–Trinajstić information content (AvgIpc) is 2.90. The lowest BCUT2D eigenvalue weighted by Crippen LogP contribution is -2.28. The summed E-state index contributed by atoms with van der Waals surface area (Å²) >= 11 is 11.9. The van der Waals surface area contributed by atoms with E-state index in [-0.39, 0.29) is 20.5 Å². The third kappa shape index (κ3) is 3.46. The molecule has 2 rings (SSSR count). The first kappa shape index (κ1) is 16.0. The SMILES string of the molecule is O=S(=O)(NCC1CCCC1)c1ccc(Cl)c(CO)c1Cl. The van der Waals surface area contributed by atoms with Crippen LogP contribution in [0, 0.1) is 5.92 Å². The van der Waals surface area contributed by atoms with Crippen LogP contribution in [0.5, 0.6) is 0 Å². The first-order valence-electron chi connectivity index (χ1n) is 6.53. The predicted molar refractivity (Wildman–Crippen MR) is 79.5 cm³/mol. The van der Waals surface area contributed by atoms with Crippen molar-refractivity contribution in [2.75, 3.05) is 6.54 Å². The molecule has 1 aliphatic rings. The molecule has 0 spiro atoms. The zero-order valence-electron chi connectivity index (χ0n) is 10.9. The van der Waals surface area contributed by atoms with Crippen molar-refractivity contribution >= 4 is 33.2 Å². The van der Waals surface area contributed by atoms with Gasteiger partial charge in [-0.15, -0.1) is 0 Å². The molecule has 1 saturated carbocycles. The molecule has 0 heterocycles. The van der Waals surface area contributed by atoms with Gasteiger partial charge in [-0.05, 0) is 30.9 Å². The molecule has 2 N–H and O–H groups in total. The lowest BCUT2D eigenvalue weighted by atomic mass is 10.1. The van der Waals surface area contributed by atoms with E-state index in [0.717, 1.165) is 25.7 Å². The fourth-order valence-corrected chi connectivity index (χ4v) is 4.46. The number of nitrogens with one attached hydrogen (secondary N) is 1. The van der Waals surface area contributed by atoms with Gasteiger partial charge in [-0.3, -0.25) is 0 Å². The third-order valence-electron chi connectivity index (χ3n) is 3.64. The molecule has 0 aliphatic heterocycles. The van der Waals surface area contributed by atoms with E-state index in [0.29, 0.717) is 12.5 Å². The molecule has 1 aromatic rings. The van der Waals surface area contributed by atoms with Crippen molar-refractivity contribution in [3.8, 4) is 0 Å². The van der Waals surface area contributed by atoms with Crippen LogP contribution in [-0.4, -0.2) is 20.1 Å². The molecule has 0 aromatic heterocycles. The smallest absolute Gasteiger partial charge is 0.242 e. The topological polar surface area (TPSA) is 66.4 Å². The highest BCUT2D eigenvalue weighted by Gasteiger charge is 2.23. The molecule has 0 amide bonds. The minimum atomic E-state index is -3.68. The summed E-state index contributed by atoms with van der Waals surface area (Å²) in [5.41, 5.74) is 0.233. The van der Waals surface area contributed by atoms with Crippen molar-refractivity contribution in [2.45, 2.75) is 37.2 Å². The maximum absolute atomic E-state index is 12.3. The number of hydrogen-bond donors (Lipinski definition) is 2. The fourth-order valence-electron chi connectivity index (χ4n) is 2.45. The molecule has 20 heavy (non-hydrogen) atoms. The fraction of sp³-hybridized carbons (Fsp3) is 0.538. The average molecular weight is 338 g/mol. The Bertz CT molecular complexity index is 584. The van der Waals surface area contributed by atoms with Gasteiger partial charge in [0.1, 0.15) is 4.90 Å². The highest BCUT2D eigenvalue weighted by molar-refractivity contribution is 7.89. The molecule has 1 aliphatic carbocycles. The van der Waals surface area contributed by atoms with Crippen LogP contribution in [-0.2, 0) is 16.6 Å². The zero-order valence-corrected chi connectivity index (χ0v) is 13.2. The molecule has 1 aromatic carbocycles. The van der Waals surface area contributed by atoms with Gasteiger partial charge < -0.3 is 5.11 Å². The Morgan fingerprint density at radius 3 is 2.50 bits per heavy atom. The Labute approximate surface area is 129 Å². The van der Waals surface area contributed by atoms with Gasteiger partial charge in [0, 0.05) is 17.1 Å². The number of halogens is 2. The first-order valence-corrected chi connectivity index (χ1v) is 8.77. The first-order chi connectivity index (χ1) is 9.45. The number of hydrogen-bond acceptors (Lipinski definition) is 3. The Balaban J connectivity index is 2.20. The number of benzene rings is 1. The summed E-state index contributed by atoms with van der Waals surface area (Å²) in [7, 11) is -3.68. The Morgan fingerprint density at radius 2 is 1.90 bits per heavy atom. The maximum atomic E-state index is 12.3. The quantitative estimate of drug-likeness (QED) is 0.867. The van der Waals surface area contributed by atoms with E-state index in [1.165, 1.54) is 12.1 Å². The van der Waals surface area contributed by atoms with Crippen molar-refractivity contribution in [1.82, 2.24) is 4.72 Å². The lowest BCUT2D eigenvalue weighted by Gasteiger charge is -2.14. The second-order valence-corrected chi connectivity index (χ2v) is 7.52. The van der Waals surface area contributed by atoms with Crippen molar-refractivity contribution in [2.24, 2.45) is 5.92 Å². The summed E-state index contributed by atoms with van der Waals surface area (Å²) in [6, 6.07) is 2.80. The summed E-state index contributed by atoms with van der Waals surface area (Å²) in [6.45, 7) is 0.0272. The number of aliphatic hydroxyl groups excluding tert-OH is 1. The second kappa shape index (κ2) is 6.62. The Kier molecular flexibility index (Phi) is 5.31. The van der Waals surface area contributed by atoms with Gasteiger partial charge in [0.25, 0.3) is 0 Å². The zero-order chi connectivity index (χ0) is 14.8. The molecule has 0 unspecified atom stereocenters. The van der Waals surface area contributed by atoms with Gasteiger partial charge in [0.15, 0.2) is 0 Å². The highest BCUT2D eigenvalue weighted by atomic mass is 35.5. The van der Waals surface area contributed by atoms with Crippen LogP contribution in [0.25, 0.3) is 0 Å². The molecule has 112 valence electrons. The van der Waals surface area contributed by atoms with Crippen molar-refractivity contribution in [3.63, 3.8) is 0 Å².